The Morgan fingerprint density at radius 1 is 1.33 bits per heavy atom. The lowest BCUT2D eigenvalue weighted by molar-refractivity contribution is 0.0813. The summed E-state index contributed by atoms with van der Waals surface area (Å²) in [4.78, 5) is 15.4. The Hall–Kier alpha value is -1.49. The van der Waals surface area contributed by atoms with E-state index in [0.717, 1.165) is 25.7 Å². The van der Waals surface area contributed by atoms with Crippen LogP contribution in [0.3, 0.4) is 0 Å². The Bertz CT molecular complexity index is 425. The number of aliphatic hydroxyl groups is 1. The molecule has 1 aliphatic carbocycles. The van der Waals surface area contributed by atoms with E-state index in [1.54, 1.807) is 0 Å². The van der Waals surface area contributed by atoms with Gasteiger partial charge in [0.05, 0.1) is 12.1 Å². The molecule has 0 aromatic carbocycles. The average molecular weight is 252 g/mol. The molecule has 1 aromatic heterocycles. The molecule has 0 bridgehead atoms. The lowest BCUT2D eigenvalue weighted by atomic mass is 10.1. The van der Waals surface area contributed by atoms with E-state index in [4.69, 9.17) is 0 Å². The maximum Gasteiger partial charge on any atom is 0.270 e. The number of aliphatic hydroxyl groups excluding tert-OH is 1. The Labute approximate surface area is 105 Å². The molecule has 18 heavy (non-hydrogen) atoms. The Morgan fingerprint density at radius 3 is 2.89 bits per heavy atom. The summed E-state index contributed by atoms with van der Waals surface area (Å²) in [5, 5.41) is 12.6. The fourth-order valence-corrected chi connectivity index (χ4v) is 2.23. The van der Waals surface area contributed by atoms with Crippen LogP contribution in [-0.2, 0) is 0 Å². The lowest BCUT2D eigenvalue weighted by Gasteiger charge is -2.21. The van der Waals surface area contributed by atoms with Crippen molar-refractivity contribution in [1.29, 1.82) is 0 Å². The summed E-state index contributed by atoms with van der Waals surface area (Å²) in [6, 6.07) is 3.84. The minimum absolute atomic E-state index is 0.0476. The third kappa shape index (κ3) is 3.26. The van der Waals surface area contributed by atoms with Crippen LogP contribution in [0.4, 0.5) is 4.39 Å². The summed E-state index contributed by atoms with van der Waals surface area (Å²) >= 11 is 0. The van der Waals surface area contributed by atoms with Gasteiger partial charge in [0.1, 0.15) is 5.69 Å². The number of aromatic nitrogens is 1. The van der Waals surface area contributed by atoms with Crippen LogP contribution in [0.25, 0.3) is 0 Å². The minimum atomic E-state index is -0.677. The predicted octanol–water partition coefficient (Wildman–Crippen LogP) is 1.64. The first kappa shape index (κ1) is 13.0. The molecule has 0 saturated heterocycles. The third-order valence-corrected chi connectivity index (χ3v) is 3.24. The molecule has 98 valence electrons. The number of nitrogens with one attached hydrogen (secondary N) is 1. The number of halogens is 1. The topological polar surface area (TPSA) is 62.2 Å². The van der Waals surface area contributed by atoms with E-state index in [0.29, 0.717) is 6.42 Å². The van der Waals surface area contributed by atoms with Crippen LogP contribution < -0.4 is 5.32 Å². The Balaban J connectivity index is 2.01. The highest BCUT2D eigenvalue weighted by Gasteiger charge is 2.24. The fraction of sp³-hybridized carbons (Fsp3) is 0.538. The standard InChI is InChI=1S/C13H17FN2O2/c14-12-8-4-6-10(15-12)13(18)16-9-5-2-1-3-7-11(9)17/h4,6,8-9,11,17H,1-3,5,7H2,(H,16,18). The number of carbonyl (C=O) groups is 1. The molecule has 5 heteroatoms. The summed E-state index contributed by atoms with van der Waals surface area (Å²) < 4.78 is 12.9. The molecule has 2 rings (SSSR count). The highest BCUT2D eigenvalue weighted by Crippen LogP contribution is 2.18. The van der Waals surface area contributed by atoms with Crippen LogP contribution in [0.2, 0.25) is 0 Å². The van der Waals surface area contributed by atoms with E-state index in [1.807, 2.05) is 0 Å². The summed E-state index contributed by atoms with van der Waals surface area (Å²) in [6.45, 7) is 0. The second-order valence-electron chi connectivity index (χ2n) is 4.63. The van der Waals surface area contributed by atoms with Crippen LogP contribution in [0.1, 0.15) is 42.6 Å². The maximum absolute atomic E-state index is 12.9. The van der Waals surface area contributed by atoms with Crippen LogP contribution >= 0.6 is 0 Å². The smallest absolute Gasteiger partial charge is 0.270 e. The van der Waals surface area contributed by atoms with Gasteiger partial charge in [-0.2, -0.15) is 4.39 Å². The van der Waals surface area contributed by atoms with Gasteiger partial charge in [-0.25, -0.2) is 4.98 Å². The molecule has 1 fully saturated rings. The van der Waals surface area contributed by atoms with E-state index in [1.165, 1.54) is 18.2 Å². The zero-order valence-electron chi connectivity index (χ0n) is 10.1. The fourth-order valence-electron chi connectivity index (χ4n) is 2.23. The van der Waals surface area contributed by atoms with Gasteiger partial charge in [0.15, 0.2) is 0 Å². The molecule has 2 atom stereocenters. The van der Waals surface area contributed by atoms with Gasteiger partial charge >= 0.3 is 0 Å². The van der Waals surface area contributed by atoms with Gasteiger partial charge in [0, 0.05) is 0 Å². The number of carbonyl (C=O) groups excluding carboxylic acids is 1. The van der Waals surface area contributed by atoms with Crippen LogP contribution in [0.15, 0.2) is 18.2 Å². The van der Waals surface area contributed by atoms with Crippen molar-refractivity contribution >= 4 is 5.91 Å². The van der Waals surface area contributed by atoms with Gasteiger partial charge < -0.3 is 10.4 Å². The van der Waals surface area contributed by atoms with Crippen molar-refractivity contribution in [3.05, 3.63) is 29.8 Å². The second-order valence-corrected chi connectivity index (χ2v) is 4.63. The van der Waals surface area contributed by atoms with Gasteiger partial charge in [0.2, 0.25) is 5.95 Å². The molecule has 0 radical (unpaired) electrons. The van der Waals surface area contributed by atoms with E-state index in [9.17, 15) is 14.3 Å². The van der Waals surface area contributed by atoms with Crippen molar-refractivity contribution in [3.8, 4) is 0 Å². The molecule has 1 amide bonds. The summed E-state index contributed by atoms with van der Waals surface area (Å²) in [6.07, 6.45) is 3.96. The molecule has 2 unspecified atom stereocenters. The Kier molecular flexibility index (Phi) is 4.25. The van der Waals surface area contributed by atoms with Crippen molar-refractivity contribution in [2.24, 2.45) is 0 Å². The van der Waals surface area contributed by atoms with Crippen LogP contribution in [0.5, 0.6) is 0 Å². The molecule has 0 spiro atoms. The summed E-state index contributed by atoms with van der Waals surface area (Å²) in [7, 11) is 0. The zero-order valence-corrected chi connectivity index (χ0v) is 10.1. The number of nitrogens with zero attached hydrogens (tertiary/aromatic N) is 1. The van der Waals surface area contributed by atoms with Gasteiger partial charge in [-0.3, -0.25) is 4.79 Å². The van der Waals surface area contributed by atoms with Crippen molar-refractivity contribution in [2.75, 3.05) is 0 Å². The third-order valence-electron chi connectivity index (χ3n) is 3.24. The number of hydrogen-bond donors (Lipinski definition) is 2. The first-order valence-electron chi connectivity index (χ1n) is 6.28. The van der Waals surface area contributed by atoms with E-state index in [2.05, 4.69) is 10.3 Å². The van der Waals surface area contributed by atoms with E-state index < -0.39 is 18.0 Å². The first-order chi connectivity index (χ1) is 8.66. The largest absolute Gasteiger partial charge is 0.391 e. The minimum Gasteiger partial charge on any atom is -0.391 e. The lowest BCUT2D eigenvalue weighted by Crippen LogP contribution is -2.43. The van der Waals surface area contributed by atoms with Crippen molar-refractivity contribution < 1.29 is 14.3 Å². The number of hydrogen-bond acceptors (Lipinski definition) is 3. The molecule has 2 N–H and O–H groups in total. The van der Waals surface area contributed by atoms with E-state index in [-0.39, 0.29) is 11.7 Å². The Morgan fingerprint density at radius 2 is 2.11 bits per heavy atom. The van der Waals surface area contributed by atoms with Gasteiger partial charge in [-0.15, -0.1) is 0 Å². The van der Waals surface area contributed by atoms with Gasteiger partial charge in [-0.1, -0.05) is 25.3 Å². The quantitative estimate of drug-likeness (QED) is 0.621. The molecular weight excluding hydrogens is 235 g/mol. The van der Waals surface area contributed by atoms with E-state index >= 15 is 0 Å². The summed E-state index contributed by atoms with van der Waals surface area (Å²) in [5.74, 6) is -1.11. The zero-order chi connectivity index (χ0) is 13.0. The number of amides is 1. The molecule has 0 aliphatic heterocycles. The highest BCUT2D eigenvalue weighted by atomic mass is 19.1. The van der Waals surface area contributed by atoms with Crippen LogP contribution in [-0.4, -0.2) is 28.1 Å². The molecule has 1 saturated carbocycles. The number of pyridine rings is 1. The molecule has 1 aliphatic rings. The second kappa shape index (κ2) is 5.91. The van der Waals surface area contributed by atoms with Gasteiger partial charge in [-0.05, 0) is 25.0 Å². The van der Waals surface area contributed by atoms with Crippen LogP contribution in [0, 0.1) is 5.95 Å². The first-order valence-corrected chi connectivity index (χ1v) is 6.28. The van der Waals surface area contributed by atoms with Crippen molar-refractivity contribution in [2.45, 2.75) is 44.2 Å². The summed E-state index contributed by atoms with van der Waals surface area (Å²) in [5.41, 5.74) is 0.0476. The molecule has 4 nitrogen and oxygen atoms in total. The average Bonchev–Trinajstić information content (AvgIpc) is 2.55. The molecule has 1 heterocycles. The SMILES string of the molecule is O=C(NC1CCCCCC1O)c1cccc(F)n1. The number of rotatable bonds is 2. The van der Waals surface area contributed by atoms with Crippen molar-refractivity contribution in [3.63, 3.8) is 0 Å². The maximum atomic E-state index is 12.9. The predicted molar refractivity (Wildman–Crippen MR) is 64.5 cm³/mol. The normalized spacial score (nSPS) is 24.3. The highest BCUT2D eigenvalue weighted by molar-refractivity contribution is 5.92. The monoisotopic (exact) mass is 252 g/mol. The molecule has 1 aromatic rings. The molecular formula is C13H17FN2O2. The van der Waals surface area contributed by atoms with Crippen molar-refractivity contribution in [1.82, 2.24) is 10.3 Å². The van der Waals surface area contributed by atoms with Gasteiger partial charge in [0.25, 0.3) is 5.91 Å².